The van der Waals surface area contributed by atoms with Gasteiger partial charge in [-0.15, -0.1) is 0 Å². The van der Waals surface area contributed by atoms with Gasteiger partial charge < -0.3 is 5.73 Å². The number of nitrogens with two attached hydrogens (primary N) is 1. The molecule has 0 saturated heterocycles. The molecular formula is C11H13ClN4O2S. The lowest BCUT2D eigenvalue weighted by Crippen LogP contribution is -2.15. The molecule has 0 amide bonds. The third kappa shape index (κ3) is 2.82. The van der Waals surface area contributed by atoms with Gasteiger partial charge in [0.2, 0.25) is 0 Å². The number of nitrogen functional groups attached to an aromatic ring is 1. The van der Waals surface area contributed by atoms with Gasteiger partial charge in [-0.1, -0.05) is 18.5 Å². The summed E-state index contributed by atoms with van der Waals surface area (Å²) in [6.45, 7) is 1.90. The zero-order chi connectivity index (χ0) is 14.0. The summed E-state index contributed by atoms with van der Waals surface area (Å²) in [7, 11) is -3.80. The number of aryl methyl sites for hydroxylation is 1. The topological polar surface area (TPSA) is 101 Å². The monoisotopic (exact) mass is 300 g/mol. The van der Waals surface area contributed by atoms with E-state index in [9.17, 15) is 8.42 Å². The van der Waals surface area contributed by atoms with Crippen molar-refractivity contribution in [1.82, 2.24) is 10.2 Å². The van der Waals surface area contributed by atoms with Crippen molar-refractivity contribution in [2.45, 2.75) is 18.2 Å². The van der Waals surface area contributed by atoms with Crippen LogP contribution < -0.4 is 10.5 Å². The molecule has 0 atom stereocenters. The average molecular weight is 301 g/mol. The van der Waals surface area contributed by atoms with Gasteiger partial charge in [0, 0.05) is 11.3 Å². The Hall–Kier alpha value is -1.73. The van der Waals surface area contributed by atoms with Gasteiger partial charge in [0.1, 0.15) is 10.7 Å². The second kappa shape index (κ2) is 5.10. The van der Waals surface area contributed by atoms with Gasteiger partial charge >= 0.3 is 0 Å². The van der Waals surface area contributed by atoms with Crippen molar-refractivity contribution in [2.75, 3.05) is 10.5 Å². The number of hydrogen-bond donors (Lipinski definition) is 3. The number of rotatable bonds is 4. The molecule has 0 spiro atoms. The van der Waals surface area contributed by atoms with Gasteiger partial charge in [0.15, 0.2) is 0 Å². The molecule has 1 heterocycles. The maximum absolute atomic E-state index is 12.2. The lowest BCUT2D eigenvalue weighted by atomic mass is 10.3. The van der Waals surface area contributed by atoms with E-state index < -0.39 is 10.0 Å². The number of nitrogens with zero attached hydrogens (tertiary/aromatic N) is 1. The van der Waals surface area contributed by atoms with Gasteiger partial charge in [-0.2, -0.15) is 5.10 Å². The Kier molecular flexibility index (Phi) is 3.68. The van der Waals surface area contributed by atoms with Crippen molar-refractivity contribution in [3.8, 4) is 0 Å². The van der Waals surface area contributed by atoms with E-state index in [0.717, 1.165) is 5.56 Å². The van der Waals surface area contributed by atoms with Crippen LogP contribution in [0.4, 0.5) is 11.5 Å². The van der Waals surface area contributed by atoms with E-state index >= 15 is 0 Å². The molecule has 2 rings (SSSR count). The van der Waals surface area contributed by atoms with Crippen LogP contribution >= 0.6 is 11.6 Å². The molecule has 102 valence electrons. The quantitative estimate of drug-likeness (QED) is 0.752. The van der Waals surface area contributed by atoms with Gasteiger partial charge in [-0.05, 0) is 24.6 Å². The first-order chi connectivity index (χ1) is 8.94. The molecule has 0 saturated carbocycles. The standard InChI is InChI=1S/C11H13ClN4O2S/c1-2-7-6-14-15-11(7)16-19(17,18)10-5-8(13)3-4-9(10)12/h3-6H,2,13H2,1H3,(H2,14,15,16). The van der Waals surface area contributed by atoms with Crippen molar-refractivity contribution < 1.29 is 8.42 Å². The highest BCUT2D eigenvalue weighted by Gasteiger charge is 2.20. The summed E-state index contributed by atoms with van der Waals surface area (Å²) in [5, 5.41) is 6.51. The number of H-pyrrole nitrogens is 1. The number of aromatic amines is 1. The molecule has 2 aromatic rings. The zero-order valence-electron chi connectivity index (χ0n) is 10.1. The molecule has 0 aliphatic rings. The number of nitrogens with one attached hydrogen (secondary N) is 2. The van der Waals surface area contributed by atoms with Crippen LogP contribution in [0, 0.1) is 0 Å². The summed E-state index contributed by atoms with van der Waals surface area (Å²) >= 11 is 5.89. The van der Waals surface area contributed by atoms with E-state index in [4.69, 9.17) is 17.3 Å². The van der Waals surface area contributed by atoms with E-state index in [1.807, 2.05) is 6.92 Å². The first-order valence-electron chi connectivity index (χ1n) is 5.54. The zero-order valence-corrected chi connectivity index (χ0v) is 11.7. The Labute approximate surface area is 116 Å². The van der Waals surface area contributed by atoms with Gasteiger partial charge in [-0.25, -0.2) is 8.42 Å². The van der Waals surface area contributed by atoms with Crippen molar-refractivity contribution in [3.05, 3.63) is 35.0 Å². The van der Waals surface area contributed by atoms with Crippen LogP contribution in [0.1, 0.15) is 12.5 Å². The molecule has 0 bridgehead atoms. The molecule has 4 N–H and O–H groups in total. The van der Waals surface area contributed by atoms with Crippen molar-refractivity contribution in [3.63, 3.8) is 0 Å². The minimum Gasteiger partial charge on any atom is -0.399 e. The Balaban J connectivity index is 2.41. The fraction of sp³-hybridized carbons (Fsp3) is 0.182. The lowest BCUT2D eigenvalue weighted by Gasteiger charge is -2.09. The van der Waals surface area contributed by atoms with E-state index in [0.29, 0.717) is 17.9 Å². The molecule has 1 aromatic heterocycles. The van der Waals surface area contributed by atoms with Gasteiger partial charge in [-0.3, -0.25) is 9.82 Å². The van der Waals surface area contributed by atoms with Crippen molar-refractivity contribution >= 4 is 33.1 Å². The molecule has 0 fully saturated rings. The number of sulfonamides is 1. The number of aromatic nitrogens is 2. The van der Waals surface area contributed by atoms with Crippen LogP contribution in [0.25, 0.3) is 0 Å². The summed E-state index contributed by atoms with van der Waals surface area (Å²) in [6.07, 6.45) is 2.22. The molecule has 6 nitrogen and oxygen atoms in total. The minimum absolute atomic E-state index is 0.0641. The van der Waals surface area contributed by atoms with Crippen LogP contribution in [-0.4, -0.2) is 18.6 Å². The molecule has 8 heteroatoms. The van der Waals surface area contributed by atoms with Crippen molar-refractivity contribution in [2.24, 2.45) is 0 Å². The molecule has 0 aliphatic heterocycles. The lowest BCUT2D eigenvalue weighted by molar-refractivity contribution is 0.601. The molecule has 0 radical (unpaired) electrons. The Morgan fingerprint density at radius 3 is 2.89 bits per heavy atom. The highest BCUT2D eigenvalue weighted by molar-refractivity contribution is 7.92. The second-order valence-electron chi connectivity index (χ2n) is 3.92. The second-order valence-corrected chi connectivity index (χ2v) is 5.98. The van der Waals surface area contributed by atoms with Crippen molar-refractivity contribution in [1.29, 1.82) is 0 Å². The van der Waals surface area contributed by atoms with E-state index in [1.165, 1.54) is 18.2 Å². The SMILES string of the molecule is CCc1cn[nH]c1NS(=O)(=O)c1cc(N)ccc1Cl. The minimum atomic E-state index is -3.80. The summed E-state index contributed by atoms with van der Waals surface area (Å²) in [5.41, 5.74) is 6.67. The number of hydrogen-bond acceptors (Lipinski definition) is 4. The smallest absolute Gasteiger partial charge is 0.264 e. The highest BCUT2D eigenvalue weighted by Crippen LogP contribution is 2.26. The van der Waals surface area contributed by atoms with Crippen LogP contribution in [0.15, 0.2) is 29.3 Å². The Morgan fingerprint density at radius 2 is 2.21 bits per heavy atom. The molecule has 0 aliphatic carbocycles. The summed E-state index contributed by atoms with van der Waals surface area (Å²) < 4.78 is 26.9. The average Bonchev–Trinajstić information content (AvgIpc) is 2.78. The Bertz CT molecular complexity index is 696. The molecule has 19 heavy (non-hydrogen) atoms. The van der Waals surface area contributed by atoms with Crippen LogP contribution in [-0.2, 0) is 16.4 Å². The molecule has 0 unspecified atom stereocenters. The number of benzene rings is 1. The predicted molar refractivity (Wildman–Crippen MR) is 74.6 cm³/mol. The highest BCUT2D eigenvalue weighted by atomic mass is 35.5. The maximum atomic E-state index is 12.2. The Morgan fingerprint density at radius 1 is 1.47 bits per heavy atom. The summed E-state index contributed by atoms with van der Waals surface area (Å²) in [5.74, 6) is 0.334. The van der Waals surface area contributed by atoms with Gasteiger partial charge in [0.05, 0.1) is 11.2 Å². The molecule has 1 aromatic carbocycles. The van der Waals surface area contributed by atoms with Crippen LogP contribution in [0.2, 0.25) is 5.02 Å². The van der Waals surface area contributed by atoms with Crippen LogP contribution in [0.5, 0.6) is 0 Å². The number of anilines is 2. The first kappa shape index (κ1) is 13.7. The van der Waals surface area contributed by atoms with Gasteiger partial charge in [0.25, 0.3) is 10.0 Å². The fourth-order valence-corrected chi connectivity index (χ4v) is 3.18. The third-order valence-electron chi connectivity index (χ3n) is 2.58. The summed E-state index contributed by atoms with van der Waals surface area (Å²) in [4.78, 5) is -0.0641. The van der Waals surface area contributed by atoms with E-state index in [-0.39, 0.29) is 9.92 Å². The predicted octanol–water partition coefficient (Wildman–Crippen LogP) is 2.01. The largest absolute Gasteiger partial charge is 0.399 e. The summed E-state index contributed by atoms with van der Waals surface area (Å²) in [6, 6.07) is 4.29. The fourth-order valence-electron chi connectivity index (χ4n) is 1.58. The molecular weight excluding hydrogens is 288 g/mol. The normalized spacial score (nSPS) is 11.5. The third-order valence-corrected chi connectivity index (χ3v) is 4.41. The number of halogens is 1. The first-order valence-corrected chi connectivity index (χ1v) is 7.40. The van der Waals surface area contributed by atoms with Crippen LogP contribution in [0.3, 0.4) is 0 Å². The van der Waals surface area contributed by atoms with E-state index in [2.05, 4.69) is 14.9 Å². The maximum Gasteiger partial charge on any atom is 0.264 e. The van der Waals surface area contributed by atoms with E-state index in [1.54, 1.807) is 6.20 Å².